The molecule has 7 heteroatoms. The van der Waals surface area contributed by atoms with Gasteiger partial charge in [0, 0.05) is 34.0 Å². The van der Waals surface area contributed by atoms with Crippen LogP contribution in [-0.4, -0.2) is 43.8 Å². The highest BCUT2D eigenvalue weighted by atomic mass is 35.5. The number of ether oxygens (including phenoxy) is 3. The SMILES string of the molecule is COc1ccc2c3c1OC1C[C@@H](OC(=O)c4cc(Cl)cc(Cl)c4)C[C@@]31CCN(C)C2. The molecule has 30 heavy (non-hydrogen) atoms. The number of rotatable bonds is 3. The maximum Gasteiger partial charge on any atom is 0.338 e. The predicted octanol–water partition coefficient (Wildman–Crippen LogP) is 4.86. The summed E-state index contributed by atoms with van der Waals surface area (Å²) >= 11 is 12.1. The summed E-state index contributed by atoms with van der Waals surface area (Å²) in [6, 6.07) is 8.89. The van der Waals surface area contributed by atoms with Crippen molar-refractivity contribution in [3.63, 3.8) is 0 Å². The van der Waals surface area contributed by atoms with Gasteiger partial charge < -0.3 is 19.1 Å². The molecule has 1 aliphatic carbocycles. The fraction of sp³-hybridized carbons (Fsp3) is 0.435. The van der Waals surface area contributed by atoms with E-state index in [1.54, 1.807) is 25.3 Å². The van der Waals surface area contributed by atoms with Crippen LogP contribution in [0.15, 0.2) is 30.3 Å². The Morgan fingerprint density at radius 1 is 1.23 bits per heavy atom. The summed E-state index contributed by atoms with van der Waals surface area (Å²) in [5.41, 5.74) is 2.70. The molecule has 2 aliphatic heterocycles. The number of benzene rings is 2. The number of hydrogen-bond acceptors (Lipinski definition) is 5. The van der Waals surface area contributed by atoms with Crippen LogP contribution < -0.4 is 9.47 Å². The van der Waals surface area contributed by atoms with Crippen molar-refractivity contribution in [3.8, 4) is 11.5 Å². The quantitative estimate of drug-likeness (QED) is 0.628. The zero-order chi connectivity index (χ0) is 21.0. The highest BCUT2D eigenvalue weighted by Crippen LogP contribution is 2.59. The third kappa shape index (κ3) is 3.15. The molecule has 0 aromatic heterocycles. The van der Waals surface area contributed by atoms with Crippen molar-refractivity contribution < 1.29 is 19.0 Å². The van der Waals surface area contributed by atoms with Gasteiger partial charge in [0.15, 0.2) is 11.5 Å². The summed E-state index contributed by atoms with van der Waals surface area (Å²) in [5, 5.41) is 0.828. The highest BCUT2D eigenvalue weighted by molar-refractivity contribution is 6.35. The summed E-state index contributed by atoms with van der Waals surface area (Å²) in [7, 11) is 3.81. The fourth-order valence-corrected chi connectivity index (χ4v) is 5.87. The van der Waals surface area contributed by atoms with Crippen LogP contribution in [0.25, 0.3) is 0 Å². The molecule has 0 N–H and O–H groups in total. The molecule has 2 aromatic rings. The Morgan fingerprint density at radius 3 is 2.73 bits per heavy atom. The number of nitrogens with zero attached hydrogens (tertiary/aromatic N) is 1. The molecule has 1 saturated carbocycles. The third-order valence-corrected chi connectivity index (χ3v) is 7.06. The van der Waals surface area contributed by atoms with E-state index in [1.165, 1.54) is 11.1 Å². The number of esters is 1. The molecular formula is C23H23Cl2NO4. The smallest absolute Gasteiger partial charge is 0.338 e. The molecule has 5 rings (SSSR count). The Morgan fingerprint density at radius 2 is 2.00 bits per heavy atom. The third-order valence-electron chi connectivity index (χ3n) is 6.62. The van der Waals surface area contributed by atoms with E-state index in [1.807, 2.05) is 6.07 Å². The zero-order valence-electron chi connectivity index (χ0n) is 16.9. The maximum atomic E-state index is 12.8. The minimum Gasteiger partial charge on any atom is -0.493 e. The Balaban J connectivity index is 1.45. The number of hydrogen-bond donors (Lipinski definition) is 0. The van der Waals surface area contributed by atoms with Crippen molar-refractivity contribution in [2.24, 2.45) is 0 Å². The van der Waals surface area contributed by atoms with E-state index in [0.29, 0.717) is 22.0 Å². The summed E-state index contributed by atoms with van der Waals surface area (Å²) in [6.07, 6.45) is 2.09. The van der Waals surface area contributed by atoms with Crippen LogP contribution >= 0.6 is 23.2 Å². The molecule has 0 saturated heterocycles. The topological polar surface area (TPSA) is 48.0 Å². The number of carbonyl (C=O) groups excluding carboxylic acids is 1. The van der Waals surface area contributed by atoms with Gasteiger partial charge in [0.1, 0.15) is 12.2 Å². The summed E-state index contributed by atoms with van der Waals surface area (Å²) in [5.74, 6) is 1.23. The molecule has 3 atom stereocenters. The monoisotopic (exact) mass is 447 g/mol. The first-order chi connectivity index (χ1) is 14.4. The highest BCUT2D eigenvalue weighted by Gasteiger charge is 2.58. The lowest BCUT2D eigenvalue weighted by molar-refractivity contribution is 0.0287. The normalized spacial score (nSPS) is 27.1. The van der Waals surface area contributed by atoms with Gasteiger partial charge in [-0.25, -0.2) is 4.79 Å². The van der Waals surface area contributed by atoms with Gasteiger partial charge in [0.25, 0.3) is 0 Å². The molecule has 5 nitrogen and oxygen atoms in total. The first-order valence-corrected chi connectivity index (χ1v) is 10.9. The van der Waals surface area contributed by atoms with Crippen molar-refractivity contribution in [2.75, 3.05) is 20.7 Å². The molecule has 2 aromatic carbocycles. The molecule has 158 valence electrons. The van der Waals surface area contributed by atoms with Crippen LogP contribution in [0.2, 0.25) is 10.0 Å². The summed E-state index contributed by atoms with van der Waals surface area (Å²) < 4.78 is 17.9. The molecule has 3 aliphatic rings. The van der Waals surface area contributed by atoms with Gasteiger partial charge in [-0.1, -0.05) is 29.3 Å². The standard InChI is InChI=1S/C23H23Cl2NO4/c1-26-6-5-23-11-17(29-22(27)14-7-15(24)9-16(25)8-14)10-19(23)30-21-18(28-2)4-3-13(12-26)20(21)23/h3-4,7-9,17,19H,5-6,10-12H2,1-2H3/t17-,19?,23-/m1/s1. The first-order valence-electron chi connectivity index (χ1n) is 10.1. The van der Waals surface area contributed by atoms with E-state index >= 15 is 0 Å². The second kappa shape index (κ2) is 7.33. The van der Waals surface area contributed by atoms with E-state index in [0.717, 1.165) is 37.4 Å². The van der Waals surface area contributed by atoms with Gasteiger partial charge in [-0.15, -0.1) is 0 Å². The average Bonchev–Trinajstić information content (AvgIpc) is 3.13. The number of halogens is 2. The van der Waals surface area contributed by atoms with Crippen molar-refractivity contribution in [1.29, 1.82) is 0 Å². The lowest BCUT2D eigenvalue weighted by Crippen LogP contribution is -2.34. The molecule has 1 spiro atoms. The van der Waals surface area contributed by atoms with Crippen LogP contribution in [0.4, 0.5) is 0 Å². The Labute approximate surface area is 185 Å². The Kier molecular flexibility index (Phi) is 4.88. The second-order valence-corrected chi connectivity index (χ2v) is 9.38. The van der Waals surface area contributed by atoms with E-state index in [9.17, 15) is 4.79 Å². The number of methoxy groups -OCH3 is 1. The minimum atomic E-state index is -0.405. The van der Waals surface area contributed by atoms with Crippen LogP contribution in [0.1, 0.15) is 40.7 Å². The van der Waals surface area contributed by atoms with Crippen molar-refractivity contribution in [3.05, 3.63) is 57.1 Å². The molecule has 1 fully saturated rings. The molecule has 2 heterocycles. The van der Waals surface area contributed by atoms with E-state index < -0.39 is 5.97 Å². The van der Waals surface area contributed by atoms with Gasteiger partial charge in [-0.3, -0.25) is 0 Å². The Bertz CT molecular complexity index is 1010. The predicted molar refractivity (Wildman–Crippen MR) is 115 cm³/mol. The summed E-state index contributed by atoms with van der Waals surface area (Å²) in [4.78, 5) is 15.1. The second-order valence-electron chi connectivity index (χ2n) is 8.51. The minimum absolute atomic E-state index is 0.0326. The van der Waals surface area contributed by atoms with Crippen molar-refractivity contribution in [2.45, 2.75) is 43.4 Å². The maximum absolute atomic E-state index is 12.8. The average molecular weight is 448 g/mol. The van der Waals surface area contributed by atoms with Crippen LogP contribution in [-0.2, 0) is 16.7 Å². The lowest BCUT2D eigenvalue weighted by Gasteiger charge is -2.28. The van der Waals surface area contributed by atoms with Crippen LogP contribution in [0.3, 0.4) is 0 Å². The van der Waals surface area contributed by atoms with E-state index in [-0.39, 0.29) is 17.6 Å². The van der Waals surface area contributed by atoms with Gasteiger partial charge in [0.05, 0.1) is 12.7 Å². The zero-order valence-corrected chi connectivity index (χ0v) is 18.4. The van der Waals surface area contributed by atoms with Gasteiger partial charge >= 0.3 is 5.97 Å². The van der Waals surface area contributed by atoms with Crippen molar-refractivity contribution in [1.82, 2.24) is 4.90 Å². The van der Waals surface area contributed by atoms with Crippen molar-refractivity contribution >= 4 is 29.2 Å². The molecular weight excluding hydrogens is 425 g/mol. The van der Waals surface area contributed by atoms with Gasteiger partial charge in [-0.2, -0.15) is 0 Å². The van der Waals surface area contributed by atoms with Gasteiger partial charge in [-0.05, 0) is 56.3 Å². The molecule has 0 radical (unpaired) electrons. The van der Waals surface area contributed by atoms with E-state index in [4.69, 9.17) is 37.4 Å². The van der Waals surface area contributed by atoms with E-state index in [2.05, 4.69) is 18.0 Å². The fourth-order valence-electron chi connectivity index (χ4n) is 5.34. The van der Waals surface area contributed by atoms with Gasteiger partial charge in [0.2, 0.25) is 0 Å². The first kappa shape index (κ1) is 20.0. The molecule has 1 unspecified atom stereocenters. The number of carbonyl (C=O) groups is 1. The molecule has 0 bridgehead atoms. The molecule has 0 amide bonds. The van der Waals surface area contributed by atoms with Crippen LogP contribution in [0.5, 0.6) is 11.5 Å². The largest absolute Gasteiger partial charge is 0.493 e. The lowest BCUT2D eigenvalue weighted by atomic mass is 9.74. The Hall–Kier alpha value is -1.95. The van der Waals surface area contributed by atoms with Crippen LogP contribution in [0, 0.1) is 0 Å². The summed E-state index contributed by atoms with van der Waals surface area (Å²) in [6.45, 7) is 1.83.